The SMILES string of the molecule is CCOC(=O)Cc1[nH]c(=O)cc(C(F)F)c1CN. The van der Waals surface area contributed by atoms with Gasteiger partial charge in [-0.2, -0.15) is 0 Å². The number of nitrogens with one attached hydrogen (secondary N) is 1. The number of nitrogens with two attached hydrogens (primary N) is 1. The summed E-state index contributed by atoms with van der Waals surface area (Å²) in [5.74, 6) is -0.603. The van der Waals surface area contributed by atoms with Crippen molar-refractivity contribution in [2.45, 2.75) is 26.3 Å². The molecule has 0 bridgehead atoms. The lowest BCUT2D eigenvalue weighted by Gasteiger charge is -2.11. The van der Waals surface area contributed by atoms with Crippen LogP contribution in [0.15, 0.2) is 10.9 Å². The van der Waals surface area contributed by atoms with Gasteiger partial charge in [0, 0.05) is 23.9 Å². The lowest BCUT2D eigenvalue weighted by Crippen LogP contribution is -2.20. The van der Waals surface area contributed by atoms with Gasteiger partial charge in [-0.1, -0.05) is 0 Å². The van der Waals surface area contributed by atoms with E-state index in [1.165, 1.54) is 0 Å². The monoisotopic (exact) mass is 260 g/mol. The Bertz CT molecular complexity index is 486. The summed E-state index contributed by atoms with van der Waals surface area (Å²) in [5.41, 5.74) is 4.41. The Labute approximate surface area is 102 Å². The highest BCUT2D eigenvalue weighted by Gasteiger charge is 2.18. The molecule has 0 aromatic carbocycles. The van der Waals surface area contributed by atoms with Crippen LogP contribution in [0.1, 0.15) is 30.2 Å². The maximum absolute atomic E-state index is 12.7. The Hall–Kier alpha value is -1.76. The van der Waals surface area contributed by atoms with Crippen LogP contribution >= 0.6 is 0 Å². The lowest BCUT2D eigenvalue weighted by atomic mass is 10.0. The summed E-state index contributed by atoms with van der Waals surface area (Å²) in [7, 11) is 0. The molecule has 5 nitrogen and oxygen atoms in total. The minimum Gasteiger partial charge on any atom is -0.466 e. The third-order valence-corrected chi connectivity index (χ3v) is 2.34. The van der Waals surface area contributed by atoms with Crippen molar-refractivity contribution in [1.82, 2.24) is 4.98 Å². The number of hydrogen-bond donors (Lipinski definition) is 2. The first-order chi connectivity index (χ1) is 8.49. The number of aromatic amines is 1. The van der Waals surface area contributed by atoms with E-state index in [-0.39, 0.29) is 30.8 Å². The van der Waals surface area contributed by atoms with Crippen molar-refractivity contribution in [3.05, 3.63) is 33.2 Å². The van der Waals surface area contributed by atoms with Crippen molar-refractivity contribution in [2.75, 3.05) is 6.61 Å². The van der Waals surface area contributed by atoms with Gasteiger partial charge in [0.2, 0.25) is 5.56 Å². The van der Waals surface area contributed by atoms with Crippen molar-refractivity contribution >= 4 is 5.97 Å². The van der Waals surface area contributed by atoms with Gasteiger partial charge in [0.15, 0.2) is 0 Å². The van der Waals surface area contributed by atoms with Gasteiger partial charge in [-0.25, -0.2) is 8.78 Å². The molecule has 0 aliphatic rings. The van der Waals surface area contributed by atoms with Crippen LogP contribution in [-0.4, -0.2) is 17.6 Å². The molecule has 1 heterocycles. The van der Waals surface area contributed by atoms with Gasteiger partial charge in [0.05, 0.1) is 13.0 Å². The average molecular weight is 260 g/mol. The van der Waals surface area contributed by atoms with Crippen molar-refractivity contribution in [3.63, 3.8) is 0 Å². The van der Waals surface area contributed by atoms with Crippen LogP contribution in [0.25, 0.3) is 0 Å². The Morgan fingerprint density at radius 2 is 2.22 bits per heavy atom. The van der Waals surface area contributed by atoms with E-state index in [2.05, 4.69) is 4.98 Å². The van der Waals surface area contributed by atoms with Crippen LogP contribution in [0.2, 0.25) is 0 Å². The van der Waals surface area contributed by atoms with Crippen molar-refractivity contribution in [2.24, 2.45) is 5.73 Å². The number of carbonyl (C=O) groups is 1. The van der Waals surface area contributed by atoms with Gasteiger partial charge in [-0.15, -0.1) is 0 Å². The fourth-order valence-electron chi connectivity index (χ4n) is 1.61. The highest BCUT2D eigenvalue weighted by molar-refractivity contribution is 5.72. The molecule has 1 rings (SSSR count). The average Bonchev–Trinajstić information content (AvgIpc) is 2.28. The highest BCUT2D eigenvalue weighted by Crippen LogP contribution is 2.23. The standard InChI is InChI=1S/C11H14F2N2O3/c1-2-18-10(17)4-8-7(5-14)6(11(12)13)3-9(16)15-8/h3,11H,2,4-5,14H2,1H3,(H,15,16). The van der Waals surface area contributed by atoms with E-state index < -0.39 is 23.5 Å². The van der Waals surface area contributed by atoms with Crippen LogP contribution in [0.4, 0.5) is 8.78 Å². The van der Waals surface area contributed by atoms with Crippen LogP contribution in [-0.2, 0) is 22.5 Å². The molecule has 0 radical (unpaired) electrons. The first-order valence-electron chi connectivity index (χ1n) is 5.38. The molecule has 0 aliphatic carbocycles. The Morgan fingerprint density at radius 1 is 1.56 bits per heavy atom. The number of halogens is 2. The molecule has 3 N–H and O–H groups in total. The summed E-state index contributed by atoms with van der Waals surface area (Å²) in [6.45, 7) is 1.61. The number of pyridine rings is 1. The molecule has 1 aromatic heterocycles. The number of hydrogen-bond acceptors (Lipinski definition) is 4. The molecule has 0 saturated carbocycles. The van der Waals surface area contributed by atoms with Gasteiger partial charge in [-0.3, -0.25) is 9.59 Å². The summed E-state index contributed by atoms with van der Waals surface area (Å²) in [6.07, 6.45) is -3.09. The Morgan fingerprint density at radius 3 is 2.72 bits per heavy atom. The second kappa shape index (κ2) is 6.25. The fourth-order valence-corrected chi connectivity index (χ4v) is 1.61. The summed E-state index contributed by atoms with van der Waals surface area (Å²) in [5, 5.41) is 0. The predicted octanol–water partition coefficient (Wildman–Crippen LogP) is 0.877. The number of aromatic nitrogens is 1. The summed E-state index contributed by atoms with van der Waals surface area (Å²) < 4.78 is 30.2. The van der Waals surface area contributed by atoms with Crippen LogP contribution < -0.4 is 11.3 Å². The van der Waals surface area contributed by atoms with Crippen molar-refractivity contribution in [3.8, 4) is 0 Å². The van der Waals surface area contributed by atoms with Gasteiger partial charge in [0.25, 0.3) is 6.43 Å². The normalized spacial score (nSPS) is 10.7. The third-order valence-electron chi connectivity index (χ3n) is 2.34. The Kier molecular flexibility index (Phi) is 4.96. The van der Waals surface area contributed by atoms with E-state index in [0.717, 1.165) is 6.07 Å². The van der Waals surface area contributed by atoms with E-state index in [0.29, 0.717) is 0 Å². The fraction of sp³-hybridized carbons (Fsp3) is 0.455. The molecular weight excluding hydrogens is 246 g/mol. The second-order valence-electron chi connectivity index (χ2n) is 3.53. The topological polar surface area (TPSA) is 85.2 Å². The molecule has 0 unspecified atom stereocenters. The molecule has 0 atom stereocenters. The molecule has 7 heteroatoms. The number of esters is 1. The highest BCUT2D eigenvalue weighted by atomic mass is 19.3. The second-order valence-corrected chi connectivity index (χ2v) is 3.53. The molecule has 100 valence electrons. The van der Waals surface area contributed by atoms with Crippen molar-refractivity contribution < 1.29 is 18.3 Å². The molecule has 0 fully saturated rings. The number of rotatable bonds is 5. The minimum absolute atomic E-state index is 0.0812. The van der Waals surface area contributed by atoms with E-state index in [9.17, 15) is 18.4 Å². The van der Waals surface area contributed by atoms with Gasteiger partial charge in [0.1, 0.15) is 0 Å². The quantitative estimate of drug-likeness (QED) is 0.769. The first-order valence-corrected chi connectivity index (χ1v) is 5.38. The van der Waals surface area contributed by atoms with Gasteiger partial charge < -0.3 is 15.5 Å². The number of H-pyrrole nitrogens is 1. The molecule has 18 heavy (non-hydrogen) atoms. The number of ether oxygens (including phenoxy) is 1. The molecule has 0 amide bonds. The zero-order valence-electron chi connectivity index (χ0n) is 9.83. The lowest BCUT2D eigenvalue weighted by molar-refractivity contribution is -0.142. The Balaban J connectivity index is 3.17. The minimum atomic E-state index is -2.81. The summed E-state index contributed by atoms with van der Waals surface area (Å²) >= 11 is 0. The van der Waals surface area contributed by atoms with E-state index in [4.69, 9.17) is 10.5 Å². The summed E-state index contributed by atoms with van der Waals surface area (Å²) in [6, 6.07) is 0.793. The zero-order valence-corrected chi connectivity index (χ0v) is 9.83. The maximum Gasteiger partial charge on any atom is 0.311 e. The summed E-state index contributed by atoms with van der Waals surface area (Å²) in [4.78, 5) is 24.9. The van der Waals surface area contributed by atoms with Crippen LogP contribution in [0.3, 0.4) is 0 Å². The molecular formula is C11H14F2N2O3. The molecule has 0 spiro atoms. The van der Waals surface area contributed by atoms with Gasteiger partial charge >= 0.3 is 5.97 Å². The number of carbonyl (C=O) groups excluding carboxylic acids is 1. The van der Waals surface area contributed by atoms with E-state index in [1.54, 1.807) is 6.92 Å². The largest absolute Gasteiger partial charge is 0.466 e. The van der Waals surface area contributed by atoms with Gasteiger partial charge in [-0.05, 0) is 12.5 Å². The molecule has 1 aromatic rings. The van der Waals surface area contributed by atoms with E-state index in [1.807, 2.05) is 0 Å². The third kappa shape index (κ3) is 3.36. The van der Waals surface area contributed by atoms with Crippen LogP contribution in [0.5, 0.6) is 0 Å². The maximum atomic E-state index is 12.7. The first kappa shape index (κ1) is 14.3. The predicted molar refractivity (Wildman–Crippen MR) is 60.2 cm³/mol. The van der Waals surface area contributed by atoms with Crippen molar-refractivity contribution in [1.29, 1.82) is 0 Å². The molecule has 0 saturated heterocycles. The smallest absolute Gasteiger partial charge is 0.311 e. The number of alkyl halides is 2. The zero-order chi connectivity index (χ0) is 13.7. The molecule has 0 aliphatic heterocycles. The van der Waals surface area contributed by atoms with Crippen LogP contribution in [0, 0.1) is 0 Å². The van der Waals surface area contributed by atoms with E-state index >= 15 is 0 Å².